The molecule has 1 rings (SSSR count). The Balaban J connectivity index is 2.33. The smallest absolute Gasteiger partial charge is 0.122 e. The summed E-state index contributed by atoms with van der Waals surface area (Å²) in [7, 11) is 1.66. The predicted molar refractivity (Wildman–Crippen MR) is 70.8 cm³/mol. The monoisotopic (exact) mass is 237 g/mol. The van der Waals surface area contributed by atoms with Gasteiger partial charge in [-0.25, -0.2) is 0 Å². The van der Waals surface area contributed by atoms with Gasteiger partial charge in [0.1, 0.15) is 11.5 Å². The fourth-order valence-corrected chi connectivity index (χ4v) is 1.43. The van der Waals surface area contributed by atoms with Gasteiger partial charge in [-0.05, 0) is 12.1 Å². The van der Waals surface area contributed by atoms with Crippen LogP contribution in [-0.4, -0.2) is 26.3 Å². The maximum Gasteiger partial charge on any atom is 0.122 e. The highest BCUT2D eigenvalue weighted by Gasteiger charge is 2.04. The molecule has 0 aromatic heterocycles. The van der Waals surface area contributed by atoms with Gasteiger partial charge in [0.15, 0.2) is 0 Å². The highest BCUT2D eigenvalue weighted by atomic mass is 16.5. The minimum absolute atomic E-state index is 0.489. The Morgan fingerprint density at radius 1 is 1.18 bits per heavy atom. The van der Waals surface area contributed by atoms with Gasteiger partial charge >= 0.3 is 0 Å². The van der Waals surface area contributed by atoms with Crippen LogP contribution >= 0.6 is 0 Å². The second-order valence-electron chi connectivity index (χ2n) is 4.66. The summed E-state index contributed by atoms with van der Waals surface area (Å²) in [6.07, 6.45) is 0. The van der Waals surface area contributed by atoms with E-state index in [9.17, 15) is 0 Å². The van der Waals surface area contributed by atoms with Gasteiger partial charge < -0.3 is 14.8 Å². The zero-order chi connectivity index (χ0) is 12.7. The first kappa shape index (κ1) is 13.8. The fourth-order valence-electron chi connectivity index (χ4n) is 1.43. The molecule has 0 bridgehead atoms. The number of methoxy groups -OCH3 is 1. The van der Waals surface area contributed by atoms with Crippen LogP contribution < -0.4 is 14.8 Å². The molecule has 0 aliphatic rings. The van der Waals surface area contributed by atoms with Crippen molar-refractivity contribution in [3.05, 3.63) is 24.3 Å². The van der Waals surface area contributed by atoms with Crippen molar-refractivity contribution in [2.75, 3.05) is 20.3 Å². The highest BCUT2D eigenvalue weighted by molar-refractivity contribution is 5.32. The fraction of sp³-hybridized carbons (Fsp3) is 0.571. The van der Waals surface area contributed by atoms with Crippen LogP contribution in [-0.2, 0) is 0 Å². The van der Waals surface area contributed by atoms with Crippen LogP contribution in [0.25, 0.3) is 0 Å². The van der Waals surface area contributed by atoms with Gasteiger partial charge in [0.2, 0.25) is 0 Å². The van der Waals surface area contributed by atoms with Crippen LogP contribution in [0.15, 0.2) is 24.3 Å². The van der Waals surface area contributed by atoms with Crippen molar-refractivity contribution in [1.82, 2.24) is 5.32 Å². The maximum absolute atomic E-state index is 5.72. The van der Waals surface area contributed by atoms with E-state index in [0.717, 1.165) is 18.0 Å². The summed E-state index contributed by atoms with van der Waals surface area (Å²) in [6.45, 7) is 8.16. The van der Waals surface area contributed by atoms with E-state index in [1.165, 1.54) is 0 Å². The first-order valence-corrected chi connectivity index (χ1v) is 6.12. The minimum atomic E-state index is 0.489. The molecule has 3 heteroatoms. The van der Waals surface area contributed by atoms with Crippen molar-refractivity contribution >= 4 is 0 Å². The summed E-state index contributed by atoms with van der Waals surface area (Å²) in [5.74, 6) is 2.18. The average Bonchev–Trinajstić information content (AvgIpc) is 2.34. The molecule has 0 saturated carbocycles. The Bertz CT molecular complexity index is 326. The number of hydrogen-bond donors (Lipinski definition) is 1. The molecule has 1 N–H and O–H groups in total. The molecule has 0 spiro atoms. The molecule has 0 aliphatic carbocycles. The van der Waals surface area contributed by atoms with E-state index in [1.54, 1.807) is 7.11 Å². The summed E-state index contributed by atoms with van der Waals surface area (Å²) in [5.41, 5.74) is 0. The van der Waals surface area contributed by atoms with Gasteiger partial charge in [0.25, 0.3) is 0 Å². The molecular formula is C14H23NO2. The molecule has 0 heterocycles. The molecule has 0 fully saturated rings. The van der Waals surface area contributed by atoms with E-state index in [0.29, 0.717) is 18.6 Å². The number of rotatable bonds is 7. The number of benzene rings is 1. The van der Waals surface area contributed by atoms with Crippen molar-refractivity contribution in [2.45, 2.75) is 26.8 Å². The molecule has 0 amide bonds. The summed E-state index contributed by atoms with van der Waals surface area (Å²) in [6, 6.07) is 8.23. The third-order valence-corrected chi connectivity index (χ3v) is 2.45. The van der Waals surface area contributed by atoms with Gasteiger partial charge in [-0.15, -0.1) is 0 Å². The minimum Gasteiger partial charge on any atom is -0.497 e. The van der Waals surface area contributed by atoms with E-state index in [2.05, 4.69) is 26.1 Å². The van der Waals surface area contributed by atoms with E-state index in [4.69, 9.17) is 9.47 Å². The molecule has 1 atom stereocenters. The third-order valence-electron chi connectivity index (χ3n) is 2.45. The highest BCUT2D eigenvalue weighted by Crippen LogP contribution is 2.19. The van der Waals surface area contributed by atoms with Gasteiger partial charge in [-0.1, -0.05) is 26.8 Å². The zero-order valence-electron chi connectivity index (χ0n) is 11.2. The third kappa shape index (κ3) is 5.59. The second-order valence-corrected chi connectivity index (χ2v) is 4.66. The van der Waals surface area contributed by atoms with Crippen LogP contribution in [0.1, 0.15) is 20.8 Å². The second kappa shape index (κ2) is 7.17. The molecule has 1 aromatic rings. The van der Waals surface area contributed by atoms with Crippen molar-refractivity contribution in [3.63, 3.8) is 0 Å². The normalized spacial score (nSPS) is 12.5. The first-order chi connectivity index (χ1) is 8.11. The van der Waals surface area contributed by atoms with Gasteiger partial charge in [-0.2, -0.15) is 0 Å². The molecular weight excluding hydrogens is 214 g/mol. The van der Waals surface area contributed by atoms with Crippen LogP contribution in [0.4, 0.5) is 0 Å². The summed E-state index contributed by atoms with van der Waals surface area (Å²) in [4.78, 5) is 0. The summed E-state index contributed by atoms with van der Waals surface area (Å²) < 4.78 is 10.9. The topological polar surface area (TPSA) is 30.5 Å². The van der Waals surface area contributed by atoms with Crippen molar-refractivity contribution in [2.24, 2.45) is 5.92 Å². The molecule has 3 nitrogen and oxygen atoms in total. The Kier molecular flexibility index (Phi) is 5.84. The van der Waals surface area contributed by atoms with Crippen molar-refractivity contribution in [3.8, 4) is 11.5 Å². The number of nitrogens with one attached hydrogen (secondary N) is 1. The van der Waals surface area contributed by atoms with E-state index in [1.807, 2.05) is 24.3 Å². The van der Waals surface area contributed by atoms with Crippen LogP contribution in [0.2, 0.25) is 0 Å². The van der Waals surface area contributed by atoms with E-state index in [-0.39, 0.29) is 0 Å². The molecule has 0 radical (unpaired) electrons. The van der Waals surface area contributed by atoms with Crippen LogP contribution in [0.5, 0.6) is 11.5 Å². The SMILES string of the molecule is COc1cccc(OCC(C)CNC(C)C)c1. The van der Waals surface area contributed by atoms with Gasteiger partial charge in [0.05, 0.1) is 13.7 Å². The lowest BCUT2D eigenvalue weighted by Crippen LogP contribution is -2.30. The summed E-state index contributed by atoms with van der Waals surface area (Å²) in [5, 5.41) is 3.40. The molecule has 17 heavy (non-hydrogen) atoms. The van der Waals surface area contributed by atoms with Crippen LogP contribution in [0, 0.1) is 5.92 Å². The maximum atomic E-state index is 5.72. The lowest BCUT2D eigenvalue weighted by molar-refractivity contribution is 0.252. The molecule has 0 saturated heterocycles. The standard InChI is InChI=1S/C14H23NO2/c1-11(2)15-9-12(3)10-17-14-7-5-6-13(8-14)16-4/h5-8,11-12,15H,9-10H2,1-4H3. The van der Waals surface area contributed by atoms with Gasteiger partial charge in [0, 0.05) is 24.6 Å². The van der Waals surface area contributed by atoms with E-state index < -0.39 is 0 Å². The molecule has 1 unspecified atom stereocenters. The number of ether oxygens (including phenoxy) is 2. The molecule has 0 aliphatic heterocycles. The Hall–Kier alpha value is -1.22. The van der Waals surface area contributed by atoms with E-state index >= 15 is 0 Å². The zero-order valence-corrected chi connectivity index (χ0v) is 11.2. The quantitative estimate of drug-likeness (QED) is 0.791. The average molecular weight is 237 g/mol. The number of hydrogen-bond acceptors (Lipinski definition) is 3. The van der Waals surface area contributed by atoms with Gasteiger partial charge in [-0.3, -0.25) is 0 Å². The Morgan fingerprint density at radius 2 is 1.88 bits per heavy atom. The Labute approximate surface area is 104 Å². The summed E-state index contributed by atoms with van der Waals surface area (Å²) >= 11 is 0. The first-order valence-electron chi connectivity index (χ1n) is 6.12. The lowest BCUT2D eigenvalue weighted by Gasteiger charge is -2.16. The van der Waals surface area contributed by atoms with Crippen molar-refractivity contribution < 1.29 is 9.47 Å². The Morgan fingerprint density at radius 3 is 2.53 bits per heavy atom. The van der Waals surface area contributed by atoms with Crippen LogP contribution in [0.3, 0.4) is 0 Å². The van der Waals surface area contributed by atoms with Crippen molar-refractivity contribution in [1.29, 1.82) is 0 Å². The largest absolute Gasteiger partial charge is 0.497 e. The predicted octanol–water partition coefficient (Wildman–Crippen LogP) is 2.71. The lowest BCUT2D eigenvalue weighted by atomic mass is 10.2. The molecule has 1 aromatic carbocycles. The molecule has 96 valence electrons.